The summed E-state index contributed by atoms with van der Waals surface area (Å²) in [4.78, 5) is 4.24. The van der Waals surface area contributed by atoms with Crippen LogP contribution in [0, 0.1) is 0 Å². The second-order valence-electron chi connectivity index (χ2n) is 5.22. The van der Waals surface area contributed by atoms with Crippen LogP contribution >= 0.6 is 0 Å². The molecule has 1 aromatic carbocycles. The normalized spacial score (nSPS) is 11.5. The van der Waals surface area contributed by atoms with Crippen molar-refractivity contribution >= 4 is 5.96 Å². The van der Waals surface area contributed by atoms with Gasteiger partial charge in [-0.2, -0.15) is 0 Å². The summed E-state index contributed by atoms with van der Waals surface area (Å²) in [5.41, 5.74) is 2.42. The number of methoxy groups -OCH3 is 1. The Balaban J connectivity index is 2.29. The standard InChI is InChI=1S/C18H31N3O3/c1-4-23-15-17-9-6-5-8-16(17)14-21-18(19-2)20-10-7-11-24-13-12-22-3/h5-6,8-9H,4,7,10-15H2,1-3H3,(H2,19,20,21). The first kappa shape index (κ1) is 20.4. The number of aliphatic imine (C=N–C) groups is 1. The summed E-state index contributed by atoms with van der Waals surface area (Å²) in [6, 6.07) is 8.28. The molecule has 0 aliphatic rings. The molecule has 0 atom stereocenters. The van der Waals surface area contributed by atoms with Gasteiger partial charge in [0.1, 0.15) is 0 Å². The minimum atomic E-state index is 0.637. The average molecular weight is 337 g/mol. The molecule has 6 heteroatoms. The smallest absolute Gasteiger partial charge is 0.191 e. The van der Waals surface area contributed by atoms with Crippen LogP contribution in [0.5, 0.6) is 0 Å². The molecule has 0 radical (unpaired) electrons. The number of guanidine groups is 1. The number of nitrogens with zero attached hydrogens (tertiary/aromatic N) is 1. The highest BCUT2D eigenvalue weighted by molar-refractivity contribution is 5.79. The van der Waals surface area contributed by atoms with Crippen molar-refractivity contribution in [2.24, 2.45) is 4.99 Å². The van der Waals surface area contributed by atoms with Gasteiger partial charge < -0.3 is 24.8 Å². The summed E-state index contributed by atoms with van der Waals surface area (Å²) < 4.78 is 15.9. The first-order chi connectivity index (χ1) is 11.8. The Morgan fingerprint density at radius 2 is 1.83 bits per heavy atom. The molecule has 1 aromatic rings. The van der Waals surface area contributed by atoms with Crippen LogP contribution in [-0.4, -0.2) is 53.1 Å². The molecule has 0 bridgehead atoms. The summed E-state index contributed by atoms with van der Waals surface area (Å²) in [6.45, 7) is 6.88. The Morgan fingerprint density at radius 1 is 1.04 bits per heavy atom. The van der Waals surface area contributed by atoms with Crippen molar-refractivity contribution < 1.29 is 14.2 Å². The minimum absolute atomic E-state index is 0.637. The Kier molecular flexibility index (Phi) is 11.7. The molecular formula is C18H31N3O3. The molecule has 0 aromatic heterocycles. The summed E-state index contributed by atoms with van der Waals surface area (Å²) >= 11 is 0. The largest absolute Gasteiger partial charge is 0.382 e. The maximum atomic E-state index is 5.52. The molecule has 0 aliphatic heterocycles. The van der Waals surface area contributed by atoms with E-state index in [4.69, 9.17) is 14.2 Å². The van der Waals surface area contributed by atoms with E-state index in [9.17, 15) is 0 Å². The van der Waals surface area contributed by atoms with Gasteiger partial charge in [-0.3, -0.25) is 4.99 Å². The molecule has 136 valence electrons. The molecule has 0 fully saturated rings. The second kappa shape index (κ2) is 13.8. The van der Waals surface area contributed by atoms with E-state index in [1.54, 1.807) is 14.2 Å². The maximum absolute atomic E-state index is 5.52. The number of nitrogens with one attached hydrogen (secondary N) is 2. The number of rotatable bonds is 12. The molecule has 24 heavy (non-hydrogen) atoms. The molecule has 0 aliphatic carbocycles. The quantitative estimate of drug-likeness (QED) is 0.347. The van der Waals surface area contributed by atoms with Crippen molar-refractivity contribution in [3.05, 3.63) is 35.4 Å². The van der Waals surface area contributed by atoms with Crippen LogP contribution in [0.25, 0.3) is 0 Å². The van der Waals surface area contributed by atoms with Gasteiger partial charge >= 0.3 is 0 Å². The summed E-state index contributed by atoms with van der Waals surface area (Å²) in [7, 11) is 3.45. The van der Waals surface area contributed by atoms with Crippen LogP contribution in [0.4, 0.5) is 0 Å². The number of benzene rings is 1. The van der Waals surface area contributed by atoms with Crippen LogP contribution in [0.15, 0.2) is 29.3 Å². The lowest BCUT2D eigenvalue weighted by molar-refractivity contribution is 0.0698. The molecular weight excluding hydrogens is 306 g/mol. The van der Waals surface area contributed by atoms with E-state index in [0.717, 1.165) is 25.5 Å². The highest BCUT2D eigenvalue weighted by Crippen LogP contribution is 2.09. The lowest BCUT2D eigenvalue weighted by atomic mass is 10.1. The molecule has 0 saturated carbocycles. The molecule has 0 unspecified atom stereocenters. The van der Waals surface area contributed by atoms with Gasteiger partial charge in [0.2, 0.25) is 0 Å². The van der Waals surface area contributed by atoms with Gasteiger partial charge in [-0.05, 0) is 24.5 Å². The van der Waals surface area contributed by atoms with Crippen LogP contribution in [0.1, 0.15) is 24.5 Å². The highest BCUT2D eigenvalue weighted by Gasteiger charge is 2.03. The van der Waals surface area contributed by atoms with E-state index >= 15 is 0 Å². The fourth-order valence-electron chi connectivity index (χ4n) is 2.11. The van der Waals surface area contributed by atoms with E-state index < -0.39 is 0 Å². The predicted molar refractivity (Wildman–Crippen MR) is 97.3 cm³/mol. The molecule has 0 amide bonds. The monoisotopic (exact) mass is 337 g/mol. The SMILES string of the molecule is CCOCc1ccccc1CNC(=NC)NCCCOCCOC. The Labute approximate surface area is 145 Å². The third-order valence-electron chi connectivity index (χ3n) is 3.44. The zero-order valence-electron chi connectivity index (χ0n) is 15.1. The molecule has 0 heterocycles. The molecule has 0 spiro atoms. The molecule has 0 saturated heterocycles. The lowest BCUT2D eigenvalue weighted by Crippen LogP contribution is -2.37. The van der Waals surface area contributed by atoms with Gasteiger partial charge in [-0.1, -0.05) is 24.3 Å². The topological polar surface area (TPSA) is 64.1 Å². The van der Waals surface area contributed by atoms with Gasteiger partial charge in [0.25, 0.3) is 0 Å². The highest BCUT2D eigenvalue weighted by atomic mass is 16.5. The predicted octanol–water partition coefficient (Wildman–Crippen LogP) is 1.94. The Bertz CT molecular complexity index is 467. The summed E-state index contributed by atoms with van der Waals surface area (Å²) in [6.07, 6.45) is 0.922. The average Bonchev–Trinajstić information content (AvgIpc) is 2.62. The maximum Gasteiger partial charge on any atom is 0.191 e. The third kappa shape index (κ3) is 8.86. The van der Waals surface area contributed by atoms with Gasteiger partial charge in [0.15, 0.2) is 5.96 Å². The fraction of sp³-hybridized carbons (Fsp3) is 0.611. The number of ether oxygens (including phenoxy) is 3. The number of hydrogen-bond donors (Lipinski definition) is 2. The van der Waals surface area contributed by atoms with E-state index in [0.29, 0.717) is 33.0 Å². The van der Waals surface area contributed by atoms with E-state index in [2.05, 4.69) is 27.8 Å². The molecule has 2 N–H and O–H groups in total. The van der Waals surface area contributed by atoms with Crippen LogP contribution < -0.4 is 10.6 Å². The van der Waals surface area contributed by atoms with Gasteiger partial charge in [-0.15, -0.1) is 0 Å². The van der Waals surface area contributed by atoms with E-state index in [-0.39, 0.29) is 0 Å². The van der Waals surface area contributed by atoms with E-state index in [1.807, 2.05) is 19.1 Å². The minimum Gasteiger partial charge on any atom is -0.382 e. The van der Waals surface area contributed by atoms with Crippen molar-refractivity contribution in [1.29, 1.82) is 0 Å². The zero-order chi connectivity index (χ0) is 17.5. The van der Waals surface area contributed by atoms with Gasteiger partial charge in [0.05, 0.1) is 19.8 Å². The zero-order valence-corrected chi connectivity index (χ0v) is 15.1. The third-order valence-corrected chi connectivity index (χ3v) is 3.44. The van der Waals surface area contributed by atoms with Crippen LogP contribution in [0.3, 0.4) is 0 Å². The second-order valence-corrected chi connectivity index (χ2v) is 5.22. The molecule has 1 rings (SSSR count). The lowest BCUT2D eigenvalue weighted by Gasteiger charge is -2.14. The van der Waals surface area contributed by atoms with Crippen molar-refractivity contribution in [2.45, 2.75) is 26.5 Å². The first-order valence-corrected chi connectivity index (χ1v) is 8.47. The Morgan fingerprint density at radius 3 is 2.54 bits per heavy atom. The van der Waals surface area contributed by atoms with Crippen molar-refractivity contribution in [3.63, 3.8) is 0 Å². The molecule has 6 nitrogen and oxygen atoms in total. The van der Waals surface area contributed by atoms with Crippen LogP contribution in [-0.2, 0) is 27.4 Å². The van der Waals surface area contributed by atoms with Crippen molar-refractivity contribution in [2.75, 3.05) is 47.1 Å². The fourth-order valence-corrected chi connectivity index (χ4v) is 2.11. The summed E-state index contributed by atoms with van der Waals surface area (Å²) in [5.74, 6) is 0.790. The van der Waals surface area contributed by atoms with Gasteiger partial charge in [-0.25, -0.2) is 0 Å². The summed E-state index contributed by atoms with van der Waals surface area (Å²) in [5, 5.41) is 6.63. The van der Waals surface area contributed by atoms with E-state index in [1.165, 1.54) is 11.1 Å². The van der Waals surface area contributed by atoms with Crippen molar-refractivity contribution in [1.82, 2.24) is 10.6 Å². The van der Waals surface area contributed by atoms with Crippen molar-refractivity contribution in [3.8, 4) is 0 Å². The van der Waals surface area contributed by atoms with Gasteiger partial charge in [0, 0.05) is 40.5 Å². The Hall–Kier alpha value is -1.63. The van der Waals surface area contributed by atoms with Crippen LogP contribution in [0.2, 0.25) is 0 Å². The number of hydrogen-bond acceptors (Lipinski definition) is 4. The first-order valence-electron chi connectivity index (χ1n) is 8.47.